The van der Waals surface area contributed by atoms with Gasteiger partial charge in [0.1, 0.15) is 0 Å². The standard InChI is InChI=1S/C17H18/c1-3-17(15-8-6-4-5-7-9-15)16-12-10-14(2)11-13-16/h3-4,6-13H,5H2,1-2H3/b17-3+. The van der Waals surface area contributed by atoms with Crippen molar-refractivity contribution in [2.75, 3.05) is 0 Å². The summed E-state index contributed by atoms with van der Waals surface area (Å²) in [5.74, 6) is 0. The Kier molecular flexibility index (Phi) is 3.77. The Morgan fingerprint density at radius 2 is 1.88 bits per heavy atom. The van der Waals surface area contributed by atoms with Crippen LogP contribution >= 0.6 is 0 Å². The monoisotopic (exact) mass is 222 g/mol. The molecular formula is C17H18. The zero-order valence-electron chi connectivity index (χ0n) is 10.5. The van der Waals surface area contributed by atoms with E-state index in [4.69, 9.17) is 0 Å². The van der Waals surface area contributed by atoms with Crippen molar-refractivity contribution in [3.63, 3.8) is 0 Å². The Hall–Kier alpha value is -1.82. The van der Waals surface area contributed by atoms with Gasteiger partial charge in [0.25, 0.3) is 0 Å². The van der Waals surface area contributed by atoms with E-state index in [9.17, 15) is 0 Å². The molecule has 0 bridgehead atoms. The van der Waals surface area contributed by atoms with Gasteiger partial charge in [-0.2, -0.15) is 0 Å². The van der Waals surface area contributed by atoms with Crippen molar-refractivity contribution in [2.24, 2.45) is 0 Å². The number of allylic oxidation sites excluding steroid dienone is 8. The Morgan fingerprint density at radius 1 is 1.12 bits per heavy atom. The summed E-state index contributed by atoms with van der Waals surface area (Å²) in [6.07, 6.45) is 14.1. The van der Waals surface area contributed by atoms with Crippen LogP contribution in [-0.4, -0.2) is 0 Å². The molecule has 0 nitrogen and oxygen atoms in total. The summed E-state index contributed by atoms with van der Waals surface area (Å²) in [6.45, 7) is 4.21. The van der Waals surface area contributed by atoms with E-state index in [1.165, 1.54) is 22.3 Å². The predicted molar refractivity (Wildman–Crippen MR) is 75.8 cm³/mol. The molecular weight excluding hydrogens is 204 g/mol. The molecule has 1 aromatic rings. The molecule has 0 N–H and O–H groups in total. The van der Waals surface area contributed by atoms with Crippen LogP contribution in [0.1, 0.15) is 24.5 Å². The van der Waals surface area contributed by atoms with Gasteiger partial charge in [-0.3, -0.25) is 0 Å². The fourth-order valence-electron chi connectivity index (χ4n) is 1.99. The lowest BCUT2D eigenvalue weighted by Crippen LogP contribution is -1.87. The van der Waals surface area contributed by atoms with Gasteiger partial charge < -0.3 is 0 Å². The molecule has 0 fully saturated rings. The largest absolute Gasteiger partial charge is 0.0807 e. The minimum atomic E-state index is 1.02. The van der Waals surface area contributed by atoms with Gasteiger partial charge in [0.2, 0.25) is 0 Å². The van der Waals surface area contributed by atoms with E-state index < -0.39 is 0 Å². The Balaban J connectivity index is 2.37. The second-order valence-corrected chi connectivity index (χ2v) is 4.26. The van der Waals surface area contributed by atoms with E-state index >= 15 is 0 Å². The second-order valence-electron chi connectivity index (χ2n) is 4.26. The van der Waals surface area contributed by atoms with Gasteiger partial charge in [-0.05, 0) is 37.0 Å². The minimum absolute atomic E-state index is 1.02. The van der Waals surface area contributed by atoms with Gasteiger partial charge in [0, 0.05) is 0 Å². The minimum Gasteiger partial charge on any atom is -0.0807 e. The van der Waals surface area contributed by atoms with Crippen LogP contribution in [0.5, 0.6) is 0 Å². The Bertz CT molecular complexity index is 493. The van der Waals surface area contributed by atoms with E-state index in [1.807, 2.05) is 0 Å². The highest BCUT2D eigenvalue weighted by atomic mass is 14.1. The maximum absolute atomic E-state index is 2.20. The molecule has 0 amide bonds. The molecule has 0 spiro atoms. The SMILES string of the molecule is C/C=C(\C1=CC=CCC=C1)c1ccc(C)cc1. The fraction of sp³-hybridized carbons (Fsp3) is 0.176. The first-order valence-corrected chi connectivity index (χ1v) is 6.08. The summed E-state index contributed by atoms with van der Waals surface area (Å²) in [5, 5.41) is 0. The highest BCUT2D eigenvalue weighted by Crippen LogP contribution is 2.25. The lowest BCUT2D eigenvalue weighted by atomic mass is 9.96. The quantitative estimate of drug-likeness (QED) is 0.671. The van der Waals surface area contributed by atoms with E-state index in [-0.39, 0.29) is 0 Å². The molecule has 0 saturated heterocycles. The molecule has 86 valence electrons. The average molecular weight is 222 g/mol. The number of aryl methyl sites for hydroxylation is 1. The first kappa shape index (κ1) is 11.7. The number of hydrogen-bond donors (Lipinski definition) is 0. The highest BCUT2D eigenvalue weighted by molar-refractivity contribution is 5.82. The Labute approximate surface area is 104 Å². The summed E-state index contributed by atoms with van der Waals surface area (Å²) in [6, 6.07) is 8.70. The van der Waals surface area contributed by atoms with Crippen LogP contribution in [0.3, 0.4) is 0 Å². The van der Waals surface area contributed by atoms with E-state index in [0.717, 1.165) is 6.42 Å². The van der Waals surface area contributed by atoms with Crippen molar-refractivity contribution in [3.8, 4) is 0 Å². The van der Waals surface area contributed by atoms with Gasteiger partial charge in [-0.1, -0.05) is 66.3 Å². The normalized spacial score (nSPS) is 15.6. The molecule has 0 atom stereocenters. The summed E-state index contributed by atoms with van der Waals surface area (Å²) in [5.41, 5.74) is 5.16. The van der Waals surface area contributed by atoms with E-state index in [1.54, 1.807) is 0 Å². The van der Waals surface area contributed by atoms with Crippen LogP contribution < -0.4 is 0 Å². The van der Waals surface area contributed by atoms with Crippen molar-refractivity contribution in [3.05, 3.63) is 77.4 Å². The molecule has 0 unspecified atom stereocenters. The molecule has 0 heteroatoms. The van der Waals surface area contributed by atoms with E-state index in [2.05, 4.69) is 74.6 Å². The molecule has 0 aliphatic heterocycles. The van der Waals surface area contributed by atoms with Gasteiger partial charge in [0.15, 0.2) is 0 Å². The third-order valence-electron chi connectivity index (χ3n) is 2.94. The topological polar surface area (TPSA) is 0 Å². The molecule has 0 radical (unpaired) electrons. The summed E-state index contributed by atoms with van der Waals surface area (Å²) >= 11 is 0. The smallest absolute Gasteiger partial charge is 0.0154 e. The molecule has 1 aromatic carbocycles. The Morgan fingerprint density at radius 3 is 2.59 bits per heavy atom. The van der Waals surface area contributed by atoms with Gasteiger partial charge in [-0.15, -0.1) is 0 Å². The molecule has 0 heterocycles. The molecule has 1 aliphatic rings. The van der Waals surface area contributed by atoms with Crippen LogP contribution in [0.15, 0.2) is 66.3 Å². The van der Waals surface area contributed by atoms with Crippen LogP contribution in [0.4, 0.5) is 0 Å². The predicted octanol–water partition coefficient (Wildman–Crippen LogP) is 4.84. The van der Waals surface area contributed by atoms with Gasteiger partial charge >= 0.3 is 0 Å². The van der Waals surface area contributed by atoms with Crippen LogP contribution in [0.2, 0.25) is 0 Å². The third-order valence-corrected chi connectivity index (χ3v) is 2.94. The molecule has 1 aliphatic carbocycles. The van der Waals surface area contributed by atoms with Gasteiger partial charge in [-0.25, -0.2) is 0 Å². The van der Waals surface area contributed by atoms with Crippen LogP contribution in [-0.2, 0) is 0 Å². The number of benzene rings is 1. The molecule has 2 rings (SSSR count). The molecule has 17 heavy (non-hydrogen) atoms. The van der Waals surface area contributed by atoms with Crippen molar-refractivity contribution < 1.29 is 0 Å². The maximum Gasteiger partial charge on any atom is -0.0154 e. The third kappa shape index (κ3) is 2.85. The molecule has 0 aromatic heterocycles. The van der Waals surface area contributed by atoms with Gasteiger partial charge in [0.05, 0.1) is 0 Å². The second kappa shape index (κ2) is 5.49. The highest BCUT2D eigenvalue weighted by Gasteiger charge is 2.04. The van der Waals surface area contributed by atoms with Crippen molar-refractivity contribution in [1.29, 1.82) is 0 Å². The maximum atomic E-state index is 2.20. The number of rotatable bonds is 2. The van der Waals surface area contributed by atoms with Crippen molar-refractivity contribution in [2.45, 2.75) is 20.3 Å². The zero-order chi connectivity index (χ0) is 12.1. The first-order chi connectivity index (χ1) is 8.31. The summed E-state index contributed by atoms with van der Waals surface area (Å²) in [4.78, 5) is 0. The lowest BCUT2D eigenvalue weighted by molar-refractivity contribution is 1.40. The average Bonchev–Trinajstić information content (AvgIpc) is 2.62. The van der Waals surface area contributed by atoms with Crippen LogP contribution in [0, 0.1) is 6.92 Å². The first-order valence-electron chi connectivity index (χ1n) is 6.08. The summed E-state index contributed by atoms with van der Waals surface area (Å²) < 4.78 is 0. The summed E-state index contributed by atoms with van der Waals surface area (Å²) in [7, 11) is 0. The fourth-order valence-corrected chi connectivity index (χ4v) is 1.99. The van der Waals surface area contributed by atoms with Crippen molar-refractivity contribution in [1.82, 2.24) is 0 Å². The molecule has 0 saturated carbocycles. The van der Waals surface area contributed by atoms with Crippen molar-refractivity contribution >= 4 is 5.57 Å². The zero-order valence-corrected chi connectivity index (χ0v) is 10.5. The van der Waals surface area contributed by atoms with Crippen LogP contribution in [0.25, 0.3) is 5.57 Å². The lowest BCUT2D eigenvalue weighted by Gasteiger charge is -2.08. The number of hydrogen-bond acceptors (Lipinski definition) is 0. The van der Waals surface area contributed by atoms with E-state index in [0.29, 0.717) is 0 Å².